The summed E-state index contributed by atoms with van der Waals surface area (Å²) in [5, 5.41) is 11.8. The molecule has 0 bridgehead atoms. The lowest BCUT2D eigenvalue weighted by molar-refractivity contribution is 0.0696. The van der Waals surface area contributed by atoms with Gasteiger partial charge in [0.15, 0.2) is 0 Å². The standard InChI is InChI=1S/C15H21N3O3/c1-11-10-17(2)6-7-18(11)15(21)16-9-12-4-3-5-13(8-12)14(19)20/h3-5,8,11H,6-7,9-10H2,1-2H3,(H,16,21)(H,19,20). The van der Waals surface area contributed by atoms with Crippen LogP contribution in [0.2, 0.25) is 0 Å². The molecule has 1 heterocycles. The van der Waals surface area contributed by atoms with Gasteiger partial charge >= 0.3 is 12.0 Å². The van der Waals surface area contributed by atoms with E-state index in [4.69, 9.17) is 5.11 Å². The number of hydrogen-bond acceptors (Lipinski definition) is 3. The maximum absolute atomic E-state index is 12.2. The van der Waals surface area contributed by atoms with E-state index in [1.54, 1.807) is 18.2 Å². The number of hydrogen-bond donors (Lipinski definition) is 2. The average molecular weight is 291 g/mol. The summed E-state index contributed by atoms with van der Waals surface area (Å²) in [6.07, 6.45) is 0. The largest absolute Gasteiger partial charge is 0.478 e. The predicted octanol–water partition coefficient (Wildman–Crippen LogP) is 1.23. The van der Waals surface area contributed by atoms with Crippen LogP contribution in [0.1, 0.15) is 22.8 Å². The summed E-state index contributed by atoms with van der Waals surface area (Å²) in [6, 6.07) is 6.68. The monoisotopic (exact) mass is 291 g/mol. The van der Waals surface area contributed by atoms with Crippen molar-refractivity contribution >= 4 is 12.0 Å². The first-order chi connectivity index (χ1) is 9.97. The van der Waals surface area contributed by atoms with Crippen molar-refractivity contribution in [2.45, 2.75) is 19.5 Å². The SMILES string of the molecule is CC1CN(C)CCN1C(=O)NCc1cccc(C(=O)O)c1. The van der Waals surface area contributed by atoms with Crippen molar-refractivity contribution in [1.29, 1.82) is 0 Å². The van der Waals surface area contributed by atoms with Gasteiger partial charge in [-0.3, -0.25) is 0 Å². The van der Waals surface area contributed by atoms with Crippen molar-refractivity contribution in [2.75, 3.05) is 26.7 Å². The minimum absolute atomic E-state index is 0.101. The number of carbonyl (C=O) groups excluding carboxylic acids is 1. The van der Waals surface area contributed by atoms with Crippen LogP contribution in [0.25, 0.3) is 0 Å². The summed E-state index contributed by atoms with van der Waals surface area (Å²) >= 11 is 0. The smallest absolute Gasteiger partial charge is 0.335 e. The molecule has 1 unspecified atom stereocenters. The molecule has 1 atom stereocenters. The Hall–Kier alpha value is -2.08. The molecule has 2 amide bonds. The molecule has 0 spiro atoms. The van der Waals surface area contributed by atoms with Crippen LogP contribution in [0.3, 0.4) is 0 Å². The number of urea groups is 1. The van der Waals surface area contributed by atoms with Crippen LogP contribution in [-0.4, -0.2) is 59.6 Å². The van der Waals surface area contributed by atoms with Crippen molar-refractivity contribution in [3.63, 3.8) is 0 Å². The third kappa shape index (κ3) is 3.95. The van der Waals surface area contributed by atoms with Crippen LogP contribution in [0.5, 0.6) is 0 Å². The van der Waals surface area contributed by atoms with Gasteiger partial charge in [-0.25, -0.2) is 9.59 Å². The Morgan fingerprint density at radius 1 is 1.38 bits per heavy atom. The number of benzene rings is 1. The van der Waals surface area contributed by atoms with E-state index in [2.05, 4.69) is 10.2 Å². The third-order valence-electron chi connectivity index (χ3n) is 3.71. The van der Waals surface area contributed by atoms with Crippen LogP contribution in [-0.2, 0) is 6.54 Å². The van der Waals surface area contributed by atoms with Gasteiger partial charge in [0.2, 0.25) is 0 Å². The summed E-state index contributed by atoms with van der Waals surface area (Å²) in [4.78, 5) is 27.1. The van der Waals surface area contributed by atoms with Crippen molar-refractivity contribution < 1.29 is 14.7 Å². The topological polar surface area (TPSA) is 72.9 Å². The molecule has 1 aliphatic rings. The first kappa shape index (κ1) is 15.3. The fourth-order valence-corrected chi connectivity index (χ4v) is 2.53. The lowest BCUT2D eigenvalue weighted by Gasteiger charge is -2.38. The van der Waals surface area contributed by atoms with E-state index in [0.29, 0.717) is 13.1 Å². The molecule has 0 saturated carbocycles. The fraction of sp³-hybridized carbons (Fsp3) is 0.467. The number of carbonyl (C=O) groups is 2. The summed E-state index contributed by atoms with van der Waals surface area (Å²) in [6.45, 7) is 4.80. The van der Waals surface area contributed by atoms with E-state index >= 15 is 0 Å². The number of aromatic carboxylic acids is 1. The first-order valence-electron chi connectivity index (χ1n) is 7.02. The molecular weight excluding hydrogens is 270 g/mol. The van der Waals surface area contributed by atoms with Gasteiger partial charge in [-0.2, -0.15) is 0 Å². The summed E-state index contributed by atoms with van der Waals surface area (Å²) in [5.74, 6) is -0.962. The number of likely N-dealkylation sites (N-methyl/N-ethyl adjacent to an activating group) is 1. The Morgan fingerprint density at radius 3 is 2.81 bits per heavy atom. The van der Waals surface area contributed by atoms with Gasteiger partial charge in [-0.1, -0.05) is 12.1 Å². The zero-order valence-corrected chi connectivity index (χ0v) is 12.4. The lowest BCUT2D eigenvalue weighted by Crippen LogP contribution is -2.55. The summed E-state index contributed by atoms with van der Waals surface area (Å²) < 4.78 is 0. The molecule has 0 aromatic heterocycles. The highest BCUT2D eigenvalue weighted by atomic mass is 16.4. The number of carboxylic acid groups (broad SMARTS) is 1. The number of amides is 2. The number of rotatable bonds is 3. The van der Waals surface area contributed by atoms with Crippen molar-refractivity contribution in [3.8, 4) is 0 Å². The second-order valence-electron chi connectivity index (χ2n) is 5.47. The van der Waals surface area contributed by atoms with E-state index in [-0.39, 0.29) is 17.6 Å². The highest BCUT2D eigenvalue weighted by Crippen LogP contribution is 2.09. The maximum atomic E-state index is 12.2. The van der Waals surface area contributed by atoms with Crippen molar-refractivity contribution in [3.05, 3.63) is 35.4 Å². The molecule has 0 aliphatic carbocycles. The van der Waals surface area contributed by atoms with E-state index in [9.17, 15) is 9.59 Å². The molecule has 1 aliphatic heterocycles. The predicted molar refractivity (Wildman–Crippen MR) is 79.3 cm³/mol. The van der Waals surface area contributed by atoms with Crippen LogP contribution in [0.15, 0.2) is 24.3 Å². The van der Waals surface area contributed by atoms with E-state index in [0.717, 1.165) is 18.7 Å². The minimum Gasteiger partial charge on any atom is -0.478 e. The van der Waals surface area contributed by atoms with Crippen LogP contribution >= 0.6 is 0 Å². The number of nitrogens with one attached hydrogen (secondary N) is 1. The van der Waals surface area contributed by atoms with Gasteiger partial charge in [-0.15, -0.1) is 0 Å². The van der Waals surface area contributed by atoms with E-state index in [1.165, 1.54) is 6.07 Å². The number of piperazine rings is 1. The Labute approximate surface area is 124 Å². The first-order valence-corrected chi connectivity index (χ1v) is 7.02. The zero-order chi connectivity index (χ0) is 15.4. The number of nitrogens with zero attached hydrogens (tertiary/aromatic N) is 2. The molecule has 6 heteroatoms. The molecular formula is C15H21N3O3. The average Bonchev–Trinajstić information content (AvgIpc) is 2.45. The van der Waals surface area contributed by atoms with Gasteiger partial charge in [0.05, 0.1) is 5.56 Å². The van der Waals surface area contributed by atoms with Gasteiger partial charge < -0.3 is 20.2 Å². The zero-order valence-electron chi connectivity index (χ0n) is 12.4. The molecule has 1 aromatic rings. The molecule has 0 radical (unpaired) electrons. The Balaban J connectivity index is 1.92. The summed E-state index contributed by atoms with van der Waals surface area (Å²) in [5.41, 5.74) is 1.01. The molecule has 21 heavy (non-hydrogen) atoms. The quantitative estimate of drug-likeness (QED) is 0.878. The molecule has 2 N–H and O–H groups in total. The number of carboxylic acids is 1. The maximum Gasteiger partial charge on any atom is 0.335 e. The lowest BCUT2D eigenvalue weighted by atomic mass is 10.1. The Bertz CT molecular complexity index is 533. The molecule has 1 aromatic carbocycles. The van der Waals surface area contributed by atoms with E-state index in [1.807, 2.05) is 18.9 Å². The van der Waals surface area contributed by atoms with Crippen LogP contribution in [0, 0.1) is 0 Å². The molecule has 2 rings (SSSR count). The minimum atomic E-state index is -0.962. The van der Waals surface area contributed by atoms with Gasteiger partial charge in [0, 0.05) is 32.2 Å². The summed E-state index contributed by atoms with van der Waals surface area (Å²) in [7, 11) is 2.04. The second-order valence-corrected chi connectivity index (χ2v) is 5.47. The van der Waals surface area contributed by atoms with Gasteiger partial charge in [0.1, 0.15) is 0 Å². The van der Waals surface area contributed by atoms with Crippen LogP contribution < -0.4 is 5.32 Å². The Morgan fingerprint density at radius 2 is 2.14 bits per heavy atom. The highest BCUT2D eigenvalue weighted by molar-refractivity contribution is 5.87. The molecule has 114 valence electrons. The second kappa shape index (κ2) is 6.58. The van der Waals surface area contributed by atoms with Crippen molar-refractivity contribution in [1.82, 2.24) is 15.1 Å². The van der Waals surface area contributed by atoms with Gasteiger partial charge in [0.25, 0.3) is 0 Å². The van der Waals surface area contributed by atoms with Crippen molar-refractivity contribution in [2.24, 2.45) is 0 Å². The molecule has 1 fully saturated rings. The normalized spacial score (nSPS) is 19.3. The third-order valence-corrected chi connectivity index (χ3v) is 3.71. The molecule has 1 saturated heterocycles. The van der Waals surface area contributed by atoms with Gasteiger partial charge in [-0.05, 0) is 31.7 Å². The Kier molecular flexibility index (Phi) is 4.80. The fourth-order valence-electron chi connectivity index (χ4n) is 2.53. The highest BCUT2D eigenvalue weighted by Gasteiger charge is 2.25. The van der Waals surface area contributed by atoms with E-state index < -0.39 is 5.97 Å². The van der Waals surface area contributed by atoms with Crippen LogP contribution in [0.4, 0.5) is 4.79 Å². The molecule has 6 nitrogen and oxygen atoms in total.